The number of hydrogen-bond acceptors (Lipinski definition) is 1. The molecular formula is C18H20O. The molecule has 1 heteroatoms. The first-order valence-corrected chi connectivity index (χ1v) is 6.65. The molecule has 0 unspecified atom stereocenters. The predicted molar refractivity (Wildman–Crippen MR) is 79.9 cm³/mol. The van der Waals surface area contributed by atoms with Gasteiger partial charge in [-0.25, -0.2) is 0 Å². The molecule has 98 valence electrons. The standard InChI is InChI=1S/C18H20O/c1-12-10-13(2)15(4)17(14(12)3)11-18(19)16-8-6-5-7-9-16/h5-10H,11H2,1-4H3. The Morgan fingerprint density at radius 3 is 1.95 bits per heavy atom. The van der Waals surface area contributed by atoms with Crippen LogP contribution in [-0.2, 0) is 6.42 Å². The molecular weight excluding hydrogens is 232 g/mol. The van der Waals surface area contributed by atoms with Gasteiger partial charge in [0.1, 0.15) is 0 Å². The lowest BCUT2D eigenvalue weighted by Gasteiger charge is -2.14. The number of benzene rings is 2. The lowest BCUT2D eigenvalue weighted by atomic mass is 9.90. The summed E-state index contributed by atoms with van der Waals surface area (Å²) in [5.74, 6) is 0.191. The first kappa shape index (κ1) is 13.5. The average Bonchev–Trinajstić information content (AvgIpc) is 2.42. The maximum atomic E-state index is 12.3. The Kier molecular flexibility index (Phi) is 3.84. The van der Waals surface area contributed by atoms with E-state index < -0.39 is 0 Å². The molecule has 2 aromatic rings. The summed E-state index contributed by atoms with van der Waals surface area (Å²) in [7, 11) is 0. The first-order valence-electron chi connectivity index (χ1n) is 6.65. The second kappa shape index (κ2) is 5.40. The van der Waals surface area contributed by atoms with Crippen LogP contribution >= 0.6 is 0 Å². The van der Waals surface area contributed by atoms with E-state index in [0.29, 0.717) is 6.42 Å². The normalized spacial score (nSPS) is 10.5. The van der Waals surface area contributed by atoms with E-state index in [9.17, 15) is 4.79 Å². The van der Waals surface area contributed by atoms with Gasteiger partial charge in [0.2, 0.25) is 0 Å². The van der Waals surface area contributed by atoms with Crippen molar-refractivity contribution in [1.29, 1.82) is 0 Å². The van der Waals surface area contributed by atoms with Gasteiger partial charge in [0, 0.05) is 12.0 Å². The monoisotopic (exact) mass is 252 g/mol. The van der Waals surface area contributed by atoms with Gasteiger partial charge < -0.3 is 0 Å². The summed E-state index contributed by atoms with van der Waals surface area (Å²) in [6.07, 6.45) is 0.490. The van der Waals surface area contributed by atoms with Gasteiger partial charge >= 0.3 is 0 Å². The summed E-state index contributed by atoms with van der Waals surface area (Å²) in [6.45, 7) is 8.43. The fraction of sp³-hybridized carbons (Fsp3) is 0.278. The van der Waals surface area contributed by atoms with E-state index in [1.807, 2.05) is 30.3 Å². The summed E-state index contributed by atoms with van der Waals surface area (Å²) in [5.41, 5.74) is 6.99. The fourth-order valence-corrected chi connectivity index (χ4v) is 2.45. The molecule has 0 radical (unpaired) electrons. The van der Waals surface area contributed by atoms with Gasteiger partial charge in [0.05, 0.1) is 0 Å². The van der Waals surface area contributed by atoms with Crippen LogP contribution in [0, 0.1) is 27.7 Å². The van der Waals surface area contributed by atoms with E-state index in [4.69, 9.17) is 0 Å². The van der Waals surface area contributed by atoms with Crippen LogP contribution in [-0.4, -0.2) is 5.78 Å². The van der Waals surface area contributed by atoms with Crippen LogP contribution in [0.15, 0.2) is 36.4 Å². The highest BCUT2D eigenvalue weighted by atomic mass is 16.1. The minimum absolute atomic E-state index is 0.191. The van der Waals surface area contributed by atoms with Crippen molar-refractivity contribution in [3.05, 3.63) is 69.8 Å². The summed E-state index contributed by atoms with van der Waals surface area (Å²) < 4.78 is 0. The molecule has 19 heavy (non-hydrogen) atoms. The van der Waals surface area contributed by atoms with Crippen molar-refractivity contribution in [2.24, 2.45) is 0 Å². The molecule has 2 aromatic carbocycles. The first-order chi connectivity index (χ1) is 9.00. The predicted octanol–water partition coefficient (Wildman–Crippen LogP) is 4.35. The largest absolute Gasteiger partial charge is 0.294 e. The average molecular weight is 252 g/mol. The van der Waals surface area contributed by atoms with Crippen LogP contribution in [0.3, 0.4) is 0 Å². The van der Waals surface area contributed by atoms with E-state index in [0.717, 1.165) is 5.56 Å². The summed E-state index contributed by atoms with van der Waals surface area (Å²) >= 11 is 0. The van der Waals surface area contributed by atoms with E-state index in [-0.39, 0.29) is 5.78 Å². The van der Waals surface area contributed by atoms with Crippen molar-refractivity contribution in [3.8, 4) is 0 Å². The van der Waals surface area contributed by atoms with E-state index in [1.165, 1.54) is 27.8 Å². The highest BCUT2D eigenvalue weighted by molar-refractivity contribution is 5.97. The molecule has 0 aromatic heterocycles. The van der Waals surface area contributed by atoms with Crippen LogP contribution in [0.25, 0.3) is 0 Å². The molecule has 0 N–H and O–H groups in total. The van der Waals surface area contributed by atoms with Crippen molar-refractivity contribution in [3.63, 3.8) is 0 Å². The van der Waals surface area contributed by atoms with Gasteiger partial charge in [-0.2, -0.15) is 0 Å². The van der Waals surface area contributed by atoms with Gasteiger partial charge in [-0.1, -0.05) is 36.4 Å². The van der Waals surface area contributed by atoms with Crippen LogP contribution in [0.4, 0.5) is 0 Å². The van der Waals surface area contributed by atoms with Crippen molar-refractivity contribution >= 4 is 5.78 Å². The van der Waals surface area contributed by atoms with Gasteiger partial charge in [-0.05, 0) is 55.5 Å². The van der Waals surface area contributed by atoms with Crippen LogP contribution in [0.1, 0.15) is 38.2 Å². The van der Waals surface area contributed by atoms with Crippen molar-refractivity contribution in [2.45, 2.75) is 34.1 Å². The maximum Gasteiger partial charge on any atom is 0.167 e. The minimum atomic E-state index is 0.191. The van der Waals surface area contributed by atoms with Crippen LogP contribution < -0.4 is 0 Å². The number of carbonyl (C=O) groups excluding carboxylic acids is 1. The molecule has 0 heterocycles. The van der Waals surface area contributed by atoms with E-state index in [2.05, 4.69) is 33.8 Å². The third-order valence-corrected chi connectivity index (χ3v) is 3.95. The van der Waals surface area contributed by atoms with Crippen LogP contribution in [0.2, 0.25) is 0 Å². The van der Waals surface area contributed by atoms with Gasteiger partial charge in [-0.15, -0.1) is 0 Å². The van der Waals surface area contributed by atoms with Crippen molar-refractivity contribution < 1.29 is 4.79 Å². The van der Waals surface area contributed by atoms with Crippen LogP contribution in [0.5, 0.6) is 0 Å². The Hall–Kier alpha value is -1.89. The Bertz CT molecular complexity index is 583. The molecule has 0 aliphatic heterocycles. The molecule has 0 saturated heterocycles. The number of carbonyl (C=O) groups is 1. The molecule has 0 aliphatic carbocycles. The number of Topliss-reactive ketones (excluding diaryl/α,β-unsaturated/α-hetero) is 1. The molecule has 0 amide bonds. The summed E-state index contributed by atoms with van der Waals surface area (Å²) in [5, 5.41) is 0. The zero-order chi connectivity index (χ0) is 14.0. The zero-order valence-corrected chi connectivity index (χ0v) is 12.1. The Morgan fingerprint density at radius 1 is 0.895 bits per heavy atom. The molecule has 2 rings (SSSR count). The molecule has 1 nitrogen and oxygen atoms in total. The molecule has 0 aliphatic rings. The second-order valence-electron chi connectivity index (χ2n) is 5.20. The lowest BCUT2D eigenvalue weighted by Crippen LogP contribution is -2.08. The van der Waals surface area contributed by atoms with Crippen molar-refractivity contribution in [2.75, 3.05) is 0 Å². The lowest BCUT2D eigenvalue weighted by molar-refractivity contribution is 0.0992. The highest BCUT2D eigenvalue weighted by Crippen LogP contribution is 2.23. The number of aryl methyl sites for hydroxylation is 2. The number of hydrogen-bond donors (Lipinski definition) is 0. The molecule has 0 spiro atoms. The SMILES string of the molecule is Cc1cc(C)c(C)c(CC(=O)c2ccccc2)c1C. The third-order valence-electron chi connectivity index (χ3n) is 3.95. The summed E-state index contributed by atoms with van der Waals surface area (Å²) in [4.78, 5) is 12.3. The maximum absolute atomic E-state index is 12.3. The quantitative estimate of drug-likeness (QED) is 0.742. The zero-order valence-electron chi connectivity index (χ0n) is 12.1. The molecule has 0 atom stereocenters. The second-order valence-corrected chi connectivity index (χ2v) is 5.20. The topological polar surface area (TPSA) is 17.1 Å². The fourth-order valence-electron chi connectivity index (χ4n) is 2.45. The van der Waals surface area contributed by atoms with Crippen molar-refractivity contribution in [1.82, 2.24) is 0 Å². The Labute approximate surface area is 115 Å². The summed E-state index contributed by atoms with van der Waals surface area (Å²) in [6, 6.07) is 11.7. The smallest absolute Gasteiger partial charge is 0.167 e. The van der Waals surface area contributed by atoms with Gasteiger partial charge in [0.15, 0.2) is 5.78 Å². The highest BCUT2D eigenvalue weighted by Gasteiger charge is 2.13. The number of rotatable bonds is 3. The van der Waals surface area contributed by atoms with Gasteiger partial charge in [-0.3, -0.25) is 4.79 Å². The third kappa shape index (κ3) is 2.76. The Balaban J connectivity index is 2.37. The van der Waals surface area contributed by atoms with E-state index in [1.54, 1.807) is 0 Å². The molecule has 0 saturated carbocycles. The number of ketones is 1. The minimum Gasteiger partial charge on any atom is -0.294 e. The molecule has 0 fully saturated rings. The molecule has 0 bridgehead atoms. The van der Waals surface area contributed by atoms with E-state index >= 15 is 0 Å². The Morgan fingerprint density at radius 2 is 1.42 bits per heavy atom. The van der Waals surface area contributed by atoms with Gasteiger partial charge in [0.25, 0.3) is 0 Å².